The molecule has 36 heavy (non-hydrogen) atoms. The van der Waals surface area contributed by atoms with Gasteiger partial charge in [-0.25, -0.2) is 4.98 Å². The van der Waals surface area contributed by atoms with Gasteiger partial charge in [0.1, 0.15) is 5.69 Å². The first-order chi connectivity index (χ1) is 17.3. The van der Waals surface area contributed by atoms with Gasteiger partial charge in [-0.05, 0) is 50.6 Å². The van der Waals surface area contributed by atoms with Crippen molar-refractivity contribution in [2.24, 2.45) is 5.92 Å². The summed E-state index contributed by atoms with van der Waals surface area (Å²) in [5.74, 6) is -0.821. The number of fused-ring (bicyclic) bond motifs is 2. The van der Waals surface area contributed by atoms with Crippen LogP contribution < -0.4 is 16.0 Å². The molecule has 4 N–H and O–H groups in total. The summed E-state index contributed by atoms with van der Waals surface area (Å²) in [6.45, 7) is 1.71. The van der Waals surface area contributed by atoms with Gasteiger partial charge >= 0.3 is 0 Å². The van der Waals surface area contributed by atoms with E-state index in [0.29, 0.717) is 35.0 Å². The SMILES string of the molecule is CNC(=O)[C@@H]1CC[C@@H](NC(=O)c2cc3cc(Cl)ccc3[nH]2)[C@@H](NC(=O)c2nc3c(s2)CN(C)CC3)C1. The largest absolute Gasteiger partial charge is 0.359 e. The molecule has 1 aromatic carbocycles. The van der Waals surface area contributed by atoms with E-state index in [-0.39, 0.29) is 29.7 Å². The number of halogens is 1. The molecule has 5 rings (SSSR count). The first kappa shape index (κ1) is 24.7. The van der Waals surface area contributed by atoms with E-state index in [1.54, 1.807) is 25.2 Å². The highest BCUT2D eigenvalue weighted by atomic mass is 35.5. The molecule has 3 atom stereocenters. The Labute approximate surface area is 218 Å². The number of benzene rings is 1. The van der Waals surface area contributed by atoms with Crippen LogP contribution in [-0.2, 0) is 17.8 Å². The van der Waals surface area contributed by atoms with Gasteiger partial charge in [-0.1, -0.05) is 11.6 Å². The van der Waals surface area contributed by atoms with Gasteiger partial charge in [0.05, 0.1) is 11.7 Å². The summed E-state index contributed by atoms with van der Waals surface area (Å²) in [6.07, 6.45) is 2.45. The van der Waals surface area contributed by atoms with Crippen molar-refractivity contribution in [2.45, 2.75) is 44.3 Å². The van der Waals surface area contributed by atoms with Crippen molar-refractivity contribution in [2.75, 3.05) is 20.6 Å². The molecule has 3 amide bonds. The van der Waals surface area contributed by atoms with Crippen LogP contribution in [0.25, 0.3) is 10.9 Å². The number of hydrogen-bond donors (Lipinski definition) is 4. The number of nitrogens with one attached hydrogen (secondary N) is 4. The van der Waals surface area contributed by atoms with E-state index in [9.17, 15) is 14.4 Å². The first-order valence-electron chi connectivity index (χ1n) is 12.1. The van der Waals surface area contributed by atoms with Crippen LogP contribution in [0.1, 0.15) is 50.1 Å². The fourth-order valence-corrected chi connectivity index (χ4v) is 6.34. The van der Waals surface area contributed by atoms with E-state index in [0.717, 1.165) is 41.0 Å². The van der Waals surface area contributed by atoms with Gasteiger partial charge in [-0.15, -0.1) is 11.3 Å². The third-order valence-corrected chi connectivity index (χ3v) is 8.36. The molecule has 0 saturated heterocycles. The molecule has 0 radical (unpaired) electrons. The van der Waals surface area contributed by atoms with E-state index in [4.69, 9.17) is 11.6 Å². The van der Waals surface area contributed by atoms with Gasteiger partial charge in [-0.3, -0.25) is 14.4 Å². The van der Waals surface area contributed by atoms with Crippen LogP contribution in [0.5, 0.6) is 0 Å². The lowest BCUT2D eigenvalue weighted by molar-refractivity contribution is -0.125. The van der Waals surface area contributed by atoms with Crippen LogP contribution in [-0.4, -0.2) is 65.3 Å². The van der Waals surface area contributed by atoms with Crippen molar-refractivity contribution in [3.05, 3.63) is 50.6 Å². The normalized spacial score (nSPS) is 22.1. The Bertz CT molecular complexity index is 1320. The summed E-state index contributed by atoms with van der Waals surface area (Å²) < 4.78 is 0. The second kappa shape index (κ2) is 10.2. The van der Waals surface area contributed by atoms with E-state index in [2.05, 4.69) is 37.9 Å². The van der Waals surface area contributed by atoms with Gasteiger partial charge in [0.25, 0.3) is 11.8 Å². The van der Waals surface area contributed by atoms with E-state index < -0.39 is 6.04 Å². The van der Waals surface area contributed by atoms with Gasteiger partial charge in [-0.2, -0.15) is 0 Å². The maximum Gasteiger partial charge on any atom is 0.280 e. The van der Waals surface area contributed by atoms with Crippen molar-refractivity contribution < 1.29 is 14.4 Å². The maximum absolute atomic E-state index is 13.2. The third kappa shape index (κ3) is 5.11. The number of likely N-dealkylation sites (N-methyl/N-ethyl adjacent to an activating group) is 1. The number of nitrogens with zero attached hydrogens (tertiary/aromatic N) is 2. The van der Waals surface area contributed by atoms with Crippen molar-refractivity contribution in [3.63, 3.8) is 0 Å². The van der Waals surface area contributed by atoms with Gasteiger partial charge in [0.15, 0.2) is 5.01 Å². The molecule has 0 bridgehead atoms. The predicted octanol–water partition coefficient (Wildman–Crippen LogP) is 2.71. The molecule has 0 spiro atoms. The summed E-state index contributed by atoms with van der Waals surface area (Å²) in [7, 11) is 3.67. The van der Waals surface area contributed by atoms with Crippen molar-refractivity contribution in [1.82, 2.24) is 30.8 Å². The van der Waals surface area contributed by atoms with Crippen LogP contribution in [0.4, 0.5) is 0 Å². The topological polar surface area (TPSA) is 119 Å². The number of rotatable bonds is 5. The molecular formula is C25H29ClN6O3S. The molecule has 1 aliphatic heterocycles. The maximum atomic E-state index is 13.2. The number of thiazole rings is 1. The van der Waals surface area contributed by atoms with Crippen molar-refractivity contribution >= 4 is 51.6 Å². The Kier molecular flexibility index (Phi) is 7.00. The lowest BCUT2D eigenvalue weighted by Crippen LogP contribution is -2.55. The van der Waals surface area contributed by atoms with Gasteiger partial charge < -0.3 is 25.8 Å². The lowest BCUT2D eigenvalue weighted by Gasteiger charge is -2.36. The predicted molar refractivity (Wildman–Crippen MR) is 139 cm³/mol. The zero-order chi connectivity index (χ0) is 25.4. The van der Waals surface area contributed by atoms with Crippen molar-refractivity contribution in [3.8, 4) is 0 Å². The van der Waals surface area contributed by atoms with Crippen LogP contribution >= 0.6 is 22.9 Å². The van der Waals surface area contributed by atoms with Crippen LogP contribution in [0.2, 0.25) is 5.02 Å². The Morgan fingerprint density at radius 2 is 1.94 bits per heavy atom. The molecule has 190 valence electrons. The molecule has 9 nitrogen and oxygen atoms in total. The monoisotopic (exact) mass is 528 g/mol. The van der Waals surface area contributed by atoms with Crippen LogP contribution in [0.3, 0.4) is 0 Å². The fraction of sp³-hybridized carbons (Fsp3) is 0.440. The average molecular weight is 529 g/mol. The summed E-state index contributed by atoms with van der Waals surface area (Å²) in [4.78, 5) is 49.7. The molecule has 2 aliphatic rings. The van der Waals surface area contributed by atoms with Gasteiger partial charge in [0.2, 0.25) is 5.91 Å². The molecule has 1 fully saturated rings. The van der Waals surface area contributed by atoms with E-state index in [1.807, 2.05) is 6.07 Å². The molecule has 1 saturated carbocycles. The van der Waals surface area contributed by atoms with E-state index in [1.165, 1.54) is 11.3 Å². The molecule has 3 heterocycles. The summed E-state index contributed by atoms with van der Waals surface area (Å²) in [6, 6.07) is 6.43. The smallest absolute Gasteiger partial charge is 0.280 e. The Morgan fingerprint density at radius 1 is 1.14 bits per heavy atom. The number of H-pyrrole nitrogens is 1. The summed E-state index contributed by atoms with van der Waals surface area (Å²) >= 11 is 7.49. The lowest BCUT2D eigenvalue weighted by atomic mass is 9.81. The number of hydrogen-bond acceptors (Lipinski definition) is 6. The number of aromatic amines is 1. The summed E-state index contributed by atoms with van der Waals surface area (Å²) in [5.41, 5.74) is 2.22. The van der Waals surface area contributed by atoms with Crippen LogP contribution in [0.15, 0.2) is 24.3 Å². The van der Waals surface area contributed by atoms with Gasteiger partial charge in [0, 0.05) is 59.3 Å². The highest BCUT2D eigenvalue weighted by molar-refractivity contribution is 7.13. The van der Waals surface area contributed by atoms with Crippen LogP contribution in [0, 0.1) is 5.92 Å². The molecule has 2 aromatic heterocycles. The number of amides is 3. The molecular weight excluding hydrogens is 500 g/mol. The molecule has 0 unspecified atom stereocenters. The van der Waals surface area contributed by atoms with E-state index >= 15 is 0 Å². The molecule has 11 heteroatoms. The zero-order valence-corrected chi connectivity index (χ0v) is 21.8. The number of carbonyl (C=O) groups excluding carboxylic acids is 3. The Hall–Kier alpha value is -2.95. The zero-order valence-electron chi connectivity index (χ0n) is 20.2. The fourth-order valence-electron chi connectivity index (χ4n) is 5.07. The minimum absolute atomic E-state index is 0.0562. The number of aromatic nitrogens is 2. The molecule has 3 aromatic rings. The number of carbonyl (C=O) groups is 3. The first-order valence-corrected chi connectivity index (χ1v) is 13.3. The standard InChI is InChI=1S/C25H29ClN6O3S/c1-27-22(33)13-3-5-17(29-23(34)20-11-14-9-15(26)4-6-16(14)28-20)19(10-13)30-24(35)25-31-18-7-8-32(2)12-21(18)36-25/h4,6,9,11,13,17,19,28H,3,5,7-8,10,12H2,1-2H3,(H,27,33)(H,29,34)(H,30,35)/t13-,17-,19+/m1/s1. The minimum atomic E-state index is -0.403. The highest BCUT2D eigenvalue weighted by Gasteiger charge is 2.36. The second-order valence-corrected chi connectivity index (χ2v) is 11.1. The molecule has 1 aliphatic carbocycles. The quantitative estimate of drug-likeness (QED) is 0.406. The third-order valence-electron chi connectivity index (χ3n) is 7.04. The minimum Gasteiger partial charge on any atom is -0.359 e. The second-order valence-electron chi connectivity index (χ2n) is 9.58. The van der Waals surface area contributed by atoms with Crippen molar-refractivity contribution in [1.29, 1.82) is 0 Å². The summed E-state index contributed by atoms with van der Waals surface area (Å²) in [5, 5.41) is 10.7. The Balaban J connectivity index is 1.33. The average Bonchev–Trinajstić information content (AvgIpc) is 3.48. The Morgan fingerprint density at radius 3 is 2.75 bits per heavy atom. The highest BCUT2D eigenvalue weighted by Crippen LogP contribution is 2.28.